The average molecular weight is 286 g/mol. The molecule has 0 bridgehead atoms. The zero-order chi connectivity index (χ0) is 15.4. The summed E-state index contributed by atoms with van der Waals surface area (Å²) in [5, 5.41) is 11.3. The number of amides is 1. The van der Waals surface area contributed by atoms with Crippen molar-refractivity contribution in [2.24, 2.45) is 0 Å². The van der Waals surface area contributed by atoms with Crippen LogP contribution in [-0.2, 0) is 4.79 Å². The van der Waals surface area contributed by atoms with Gasteiger partial charge in [0, 0.05) is 11.8 Å². The van der Waals surface area contributed by atoms with Gasteiger partial charge in [-0.2, -0.15) is 0 Å². The summed E-state index contributed by atoms with van der Waals surface area (Å²) in [5.41, 5.74) is 2.70. The summed E-state index contributed by atoms with van der Waals surface area (Å²) in [7, 11) is 0. The highest BCUT2D eigenvalue weighted by atomic mass is 16.4. The van der Waals surface area contributed by atoms with E-state index in [-0.39, 0.29) is 11.7 Å². The summed E-state index contributed by atoms with van der Waals surface area (Å²) in [6, 6.07) is 5.21. The maximum absolute atomic E-state index is 12.0. The third kappa shape index (κ3) is 3.56. The minimum Gasteiger partial charge on any atom is -0.478 e. The van der Waals surface area contributed by atoms with Crippen LogP contribution in [0.1, 0.15) is 27.4 Å². The maximum atomic E-state index is 12.0. The largest absolute Gasteiger partial charge is 0.478 e. The molecule has 1 amide bonds. The number of benzene rings is 1. The molecule has 0 radical (unpaired) electrons. The molecule has 2 aromatic rings. The molecule has 2 rings (SSSR count). The molecule has 1 heterocycles. The van der Waals surface area contributed by atoms with Crippen LogP contribution in [0, 0.1) is 13.8 Å². The lowest BCUT2D eigenvalue weighted by atomic mass is 10.1. The second-order valence-corrected chi connectivity index (χ2v) is 4.47. The van der Waals surface area contributed by atoms with Gasteiger partial charge < -0.3 is 14.8 Å². The van der Waals surface area contributed by atoms with Gasteiger partial charge in [0.1, 0.15) is 0 Å². The highest BCUT2D eigenvalue weighted by Crippen LogP contribution is 2.19. The number of carboxylic acids is 1. The summed E-state index contributed by atoms with van der Waals surface area (Å²) in [6.45, 7) is 3.51. The van der Waals surface area contributed by atoms with Gasteiger partial charge in [-0.1, -0.05) is 6.07 Å². The van der Waals surface area contributed by atoms with Gasteiger partial charge in [0.2, 0.25) is 5.76 Å². The number of hydrogen-bond acceptors (Lipinski definition) is 4. The molecule has 1 aromatic carbocycles. The van der Waals surface area contributed by atoms with Gasteiger partial charge in [0.25, 0.3) is 5.91 Å². The number of nitrogens with zero attached hydrogens (tertiary/aromatic N) is 1. The monoisotopic (exact) mass is 286 g/mol. The lowest BCUT2D eigenvalue weighted by molar-refractivity contribution is -0.131. The van der Waals surface area contributed by atoms with E-state index in [2.05, 4.69) is 10.3 Å². The lowest BCUT2D eigenvalue weighted by Crippen LogP contribution is -2.13. The standard InChI is InChI=1S/C15H14N2O4/c1-9-7-11(4-6-13(18)19)3-5-12(9)17-15(20)14-10(2)16-8-21-14/h3-8H,1-2H3,(H,17,20)(H,18,19)/b6-4+. The van der Waals surface area contributed by atoms with E-state index < -0.39 is 5.97 Å². The van der Waals surface area contributed by atoms with E-state index in [1.54, 1.807) is 25.1 Å². The third-order valence-corrected chi connectivity index (χ3v) is 2.87. The molecule has 0 fully saturated rings. The van der Waals surface area contributed by atoms with E-state index in [0.29, 0.717) is 11.4 Å². The molecule has 6 nitrogen and oxygen atoms in total. The third-order valence-electron chi connectivity index (χ3n) is 2.87. The first-order valence-corrected chi connectivity index (χ1v) is 6.20. The molecule has 0 saturated carbocycles. The first kappa shape index (κ1) is 14.5. The maximum Gasteiger partial charge on any atom is 0.328 e. The first-order chi connectivity index (χ1) is 9.97. The van der Waals surface area contributed by atoms with Crippen LogP contribution in [0.15, 0.2) is 35.1 Å². The summed E-state index contributed by atoms with van der Waals surface area (Å²) < 4.78 is 5.03. The van der Waals surface area contributed by atoms with Crippen LogP contribution < -0.4 is 5.32 Å². The highest BCUT2D eigenvalue weighted by Gasteiger charge is 2.14. The van der Waals surface area contributed by atoms with E-state index in [9.17, 15) is 9.59 Å². The molecule has 6 heteroatoms. The second-order valence-electron chi connectivity index (χ2n) is 4.47. The smallest absolute Gasteiger partial charge is 0.328 e. The zero-order valence-electron chi connectivity index (χ0n) is 11.6. The van der Waals surface area contributed by atoms with Gasteiger partial charge in [-0.15, -0.1) is 0 Å². The van der Waals surface area contributed by atoms with E-state index in [1.807, 2.05) is 6.92 Å². The molecular weight excluding hydrogens is 272 g/mol. The summed E-state index contributed by atoms with van der Waals surface area (Å²) in [4.78, 5) is 26.3. The number of carboxylic acid groups (broad SMARTS) is 1. The van der Waals surface area contributed by atoms with Gasteiger partial charge in [-0.3, -0.25) is 4.79 Å². The Labute approximate surface area is 121 Å². The lowest BCUT2D eigenvalue weighted by Gasteiger charge is -2.08. The van der Waals surface area contributed by atoms with Crippen molar-refractivity contribution >= 4 is 23.6 Å². The van der Waals surface area contributed by atoms with Crippen LogP contribution in [0.2, 0.25) is 0 Å². The normalized spacial score (nSPS) is 10.8. The van der Waals surface area contributed by atoms with Crippen molar-refractivity contribution in [2.75, 3.05) is 5.32 Å². The number of anilines is 1. The van der Waals surface area contributed by atoms with Crippen LogP contribution >= 0.6 is 0 Å². The highest BCUT2D eigenvalue weighted by molar-refractivity contribution is 6.03. The topological polar surface area (TPSA) is 92.4 Å². The number of aromatic nitrogens is 1. The molecule has 0 aliphatic rings. The van der Waals surface area contributed by atoms with Gasteiger partial charge in [0.05, 0.1) is 5.69 Å². The van der Waals surface area contributed by atoms with Crippen molar-refractivity contribution in [1.82, 2.24) is 4.98 Å². The van der Waals surface area contributed by atoms with Crippen LogP contribution in [0.4, 0.5) is 5.69 Å². The molecular formula is C15H14N2O4. The number of aliphatic carboxylic acids is 1. The molecule has 1 aromatic heterocycles. The molecule has 21 heavy (non-hydrogen) atoms. The molecule has 2 N–H and O–H groups in total. The van der Waals surface area contributed by atoms with E-state index in [0.717, 1.165) is 17.2 Å². The number of aryl methyl sites for hydroxylation is 2. The summed E-state index contributed by atoms with van der Waals surface area (Å²) >= 11 is 0. The summed E-state index contributed by atoms with van der Waals surface area (Å²) in [6.07, 6.45) is 3.77. The minimum absolute atomic E-state index is 0.171. The molecule has 108 valence electrons. The van der Waals surface area contributed by atoms with E-state index in [4.69, 9.17) is 9.52 Å². The SMILES string of the molecule is Cc1cc(/C=C/C(=O)O)ccc1NC(=O)c1ocnc1C. The number of hydrogen-bond donors (Lipinski definition) is 2. The Morgan fingerprint density at radius 2 is 2.10 bits per heavy atom. The summed E-state index contributed by atoms with van der Waals surface area (Å²) in [5.74, 6) is -1.21. The minimum atomic E-state index is -1.01. The molecule has 0 unspecified atom stereocenters. The quantitative estimate of drug-likeness (QED) is 0.843. The number of carbonyl (C=O) groups excluding carboxylic acids is 1. The predicted molar refractivity (Wildman–Crippen MR) is 77.0 cm³/mol. The zero-order valence-corrected chi connectivity index (χ0v) is 11.6. The van der Waals surface area contributed by atoms with Gasteiger partial charge in [0.15, 0.2) is 6.39 Å². The van der Waals surface area contributed by atoms with E-state index in [1.165, 1.54) is 12.5 Å². The fourth-order valence-corrected chi connectivity index (χ4v) is 1.80. The molecule has 0 aliphatic carbocycles. The number of nitrogens with one attached hydrogen (secondary N) is 1. The van der Waals surface area contributed by atoms with Crippen molar-refractivity contribution < 1.29 is 19.1 Å². The fourth-order valence-electron chi connectivity index (χ4n) is 1.80. The first-order valence-electron chi connectivity index (χ1n) is 6.20. The van der Waals surface area contributed by atoms with Gasteiger partial charge >= 0.3 is 5.97 Å². The number of carbonyl (C=O) groups is 2. The van der Waals surface area contributed by atoms with E-state index >= 15 is 0 Å². The average Bonchev–Trinajstić information content (AvgIpc) is 2.85. The van der Waals surface area contributed by atoms with Crippen LogP contribution in [0.5, 0.6) is 0 Å². The molecule has 0 aliphatic heterocycles. The van der Waals surface area contributed by atoms with Crippen molar-refractivity contribution in [3.8, 4) is 0 Å². The Kier molecular flexibility index (Phi) is 4.18. The van der Waals surface area contributed by atoms with Crippen molar-refractivity contribution in [1.29, 1.82) is 0 Å². The Morgan fingerprint density at radius 1 is 1.33 bits per heavy atom. The Hall–Kier alpha value is -2.89. The fraction of sp³-hybridized carbons (Fsp3) is 0.133. The number of rotatable bonds is 4. The van der Waals surface area contributed by atoms with Crippen LogP contribution in [-0.4, -0.2) is 22.0 Å². The second kappa shape index (κ2) is 6.04. The van der Waals surface area contributed by atoms with Crippen molar-refractivity contribution in [3.63, 3.8) is 0 Å². The molecule has 0 spiro atoms. The molecule has 0 atom stereocenters. The van der Waals surface area contributed by atoms with Crippen molar-refractivity contribution in [2.45, 2.75) is 13.8 Å². The van der Waals surface area contributed by atoms with Crippen LogP contribution in [0.25, 0.3) is 6.08 Å². The Morgan fingerprint density at radius 3 is 2.67 bits per heavy atom. The number of oxazole rings is 1. The predicted octanol–water partition coefficient (Wildman–Crippen LogP) is 2.64. The Balaban J connectivity index is 2.16. The Bertz CT molecular complexity index is 716. The van der Waals surface area contributed by atoms with Gasteiger partial charge in [-0.25, -0.2) is 9.78 Å². The van der Waals surface area contributed by atoms with Crippen molar-refractivity contribution in [3.05, 3.63) is 53.2 Å². The van der Waals surface area contributed by atoms with Gasteiger partial charge in [-0.05, 0) is 43.2 Å². The molecule has 0 saturated heterocycles. The van der Waals surface area contributed by atoms with Crippen LogP contribution in [0.3, 0.4) is 0 Å².